The summed E-state index contributed by atoms with van der Waals surface area (Å²) in [6.07, 6.45) is 3.52. The molecule has 3 aromatic carbocycles. The van der Waals surface area contributed by atoms with Gasteiger partial charge >= 0.3 is 6.03 Å². The maximum absolute atomic E-state index is 13.0. The molecule has 2 amide bonds. The van der Waals surface area contributed by atoms with Gasteiger partial charge in [-0.15, -0.1) is 0 Å². The average Bonchev–Trinajstić information content (AvgIpc) is 3.35. The molecule has 0 saturated heterocycles. The van der Waals surface area contributed by atoms with E-state index in [1.807, 2.05) is 42.6 Å². The lowest BCUT2D eigenvalue weighted by Gasteiger charge is -2.08. The highest BCUT2D eigenvalue weighted by atomic mass is 16.5. The second-order valence-electron chi connectivity index (χ2n) is 7.25. The van der Waals surface area contributed by atoms with Crippen LogP contribution in [0.5, 0.6) is 11.5 Å². The number of nitrogens with one attached hydrogen (secondary N) is 3. The molecule has 1 aromatic heterocycles. The Labute approximate surface area is 183 Å². The van der Waals surface area contributed by atoms with E-state index in [4.69, 9.17) is 9.47 Å². The number of para-hydroxylation sites is 1. The number of urea groups is 1. The number of ketones is 1. The summed E-state index contributed by atoms with van der Waals surface area (Å²) in [6.45, 7) is 0. The normalized spacial score (nSPS) is 13.7. The van der Waals surface area contributed by atoms with Crippen molar-refractivity contribution in [3.8, 4) is 11.5 Å². The Kier molecular flexibility index (Phi) is 4.84. The van der Waals surface area contributed by atoms with Crippen LogP contribution in [0.1, 0.15) is 15.9 Å². The van der Waals surface area contributed by atoms with Crippen molar-refractivity contribution < 1.29 is 19.1 Å². The van der Waals surface area contributed by atoms with E-state index in [2.05, 4.69) is 15.6 Å². The molecule has 0 saturated carbocycles. The standard InChI is InChI=1S/C25H19N3O4/c1-31-18-8-9-21-19(13-18)15(14-26-21)11-23-24(29)20-12-17(7-10-22(20)32-23)28-25(30)27-16-5-3-2-4-6-16/h2-14,26H,1H3,(H2,27,28,30)/b23-11-. The fraction of sp³-hybridized carbons (Fsp3) is 0.0400. The topological polar surface area (TPSA) is 92.4 Å². The van der Waals surface area contributed by atoms with Crippen LogP contribution in [-0.2, 0) is 0 Å². The third-order valence-corrected chi connectivity index (χ3v) is 5.16. The van der Waals surface area contributed by atoms with E-state index in [-0.39, 0.29) is 11.5 Å². The first kappa shape index (κ1) is 19.4. The molecule has 1 aliphatic rings. The lowest BCUT2D eigenvalue weighted by molar-refractivity contribution is 0.101. The van der Waals surface area contributed by atoms with Crippen molar-refractivity contribution >= 4 is 40.2 Å². The summed E-state index contributed by atoms with van der Waals surface area (Å²) >= 11 is 0. The van der Waals surface area contributed by atoms with Crippen molar-refractivity contribution in [2.45, 2.75) is 0 Å². The van der Waals surface area contributed by atoms with Crippen molar-refractivity contribution in [2.24, 2.45) is 0 Å². The Morgan fingerprint density at radius 2 is 1.81 bits per heavy atom. The lowest BCUT2D eigenvalue weighted by atomic mass is 10.1. The van der Waals surface area contributed by atoms with Crippen molar-refractivity contribution in [1.29, 1.82) is 0 Å². The number of Topliss-reactive ketones (excluding diaryl/α,β-unsaturated/α-hetero) is 1. The van der Waals surface area contributed by atoms with Crippen LogP contribution in [-0.4, -0.2) is 23.9 Å². The number of rotatable bonds is 4. The van der Waals surface area contributed by atoms with Gasteiger partial charge in [-0.05, 0) is 54.6 Å². The molecule has 5 rings (SSSR count). The van der Waals surface area contributed by atoms with E-state index in [0.717, 1.165) is 22.2 Å². The molecule has 7 nitrogen and oxygen atoms in total. The van der Waals surface area contributed by atoms with E-state index in [9.17, 15) is 9.59 Å². The molecule has 0 fully saturated rings. The number of aromatic nitrogens is 1. The molecule has 0 spiro atoms. The Morgan fingerprint density at radius 1 is 1.00 bits per heavy atom. The number of hydrogen-bond acceptors (Lipinski definition) is 4. The number of amides is 2. The molecule has 0 atom stereocenters. The number of hydrogen-bond donors (Lipinski definition) is 3. The van der Waals surface area contributed by atoms with Crippen LogP contribution in [0.2, 0.25) is 0 Å². The number of fused-ring (bicyclic) bond motifs is 2. The number of methoxy groups -OCH3 is 1. The predicted octanol–water partition coefficient (Wildman–Crippen LogP) is 5.44. The van der Waals surface area contributed by atoms with Gasteiger partial charge in [0.1, 0.15) is 11.5 Å². The van der Waals surface area contributed by atoms with Crippen LogP contribution in [0, 0.1) is 0 Å². The number of H-pyrrole nitrogens is 1. The summed E-state index contributed by atoms with van der Waals surface area (Å²) in [5.41, 5.74) is 3.30. The minimum Gasteiger partial charge on any atom is -0.497 e. The highest BCUT2D eigenvalue weighted by molar-refractivity contribution is 6.16. The lowest BCUT2D eigenvalue weighted by Crippen LogP contribution is -2.19. The first-order chi connectivity index (χ1) is 15.6. The van der Waals surface area contributed by atoms with Gasteiger partial charge in [0.25, 0.3) is 0 Å². The number of benzene rings is 3. The summed E-state index contributed by atoms with van der Waals surface area (Å²) in [6, 6.07) is 19.4. The van der Waals surface area contributed by atoms with Crippen molar-refractivity contribution in [1.82, 2.24) is 4.98 Å². The van der Waals surface area contributed by atoms with Gasteiger partial charge in [-0.2, -0.15) is 0 Å². The fourth-order valence-electron chi connectivity index (χ4n) is 3.59. The Balaban J connectivity index is 1.37. The molecule has 158 valence electrons. The smallest absolute Gasteiger partial charge is 0.323 e. The molecular formula is C25H19N3O4. The minimum absolute atomic E-state index is 0.217. The SMILES string of the molecule is COc1ccc2[nH]cc(/C=C3\Oc4ccc(NC(=O)Nc5ccccc5)cc4C3=O)c2c1. The summed E-state index contributed by atoms with van der Waals surface area (Å²) < 4.78 is 11.1. The van der Waals surface area contributed by atoms with Gasteiger partial charge in [-0.3, -0.25) is 4.79 Å². The largest absolute Gasteiger partial charge is 0.497 e. The molecule has 0 bridgehead atoms. The van der Waals surface area contributed by atoms with E-state index in [1.54, 1.807) is 43.5 Å². The number of carbonyl (C=O) groups excluding carboxylic acids is 2. The van der Waals surface area contributed by atoms with E-state index >= 15 is 0 Å². The van der Waals surface area contributed by atoms with Crippen LogP contribution in [0.4, 0.5) is 16.2 Å². The summed E-state index contributed by atoms with van der Waals surface area (Å²) in [4.78, 5) is 28.4. The minimum atomic E-state index is -0.397. The quantitative estimate of drug-likeness (QED) is 0.380. The molecular weight excluding hydrogens is 406 g/mol. The molecule has 32 heavy (non-hydrogen) atoms. The highest BCUT2D eigenvalue weighted by Gasteiger charge is 2.28. The number of aromatic amines is 1. The predicted molar refractivity (Wildman–Crippen MR) is 123 cm³/mol. The second kappa shape index (κ2) is 7.96. The second-order valence-corrected chi connectivity index (χ2v) is 7.25. The number of carbonyl (C=O) groups is 2. The Bertz CT molecular complexity index is 1370. The first-order valence-electron chi connectivity index (χ1n) is 9.97. The molecule has 7 heteroatoms. The molecule has 1 aliphatic heterocycles. The van der Waals surface area contributed by atoms with E-state index in [1.165, 1.54) is 0 Å². The van der Waals surface area contributed by atoms with Crippen molar-refractivity contribution in [3.05, 3.63) is 89.8 Å². The van der Waals surface area contributed by atoms with Gasteiger partial charge in [0.2, 0.25) is 5.78 Å². The summed E-state index contributed by atoms with van der Waals surface area (Å²) in [5.74, 6) is 1.15. The number of allylic oxidation sites excluding steroid dienone is 1. The van der Waals surface area contributed by atoms with Crippen LogP contribution in [0.25, 0.3) is 17.0 Å². The third-order valence-electron chi connectivity index (χ3n) is 5.16. The van der Waals surface area contributed by atoms with E-state index in [0.29, 0.717) is 22.7 Å². The molecule has 3 N–H and O–H groups in total. The van der Waals surface area contributed by atoms with Gasteiger partial charge in [0.15, 0.2) is 5.76 Å². The molecule has 4 aromatic rings. The number of ether oxygens (including phenoxy) is 2. The number of anilines is 2. The fourth-order valence-corrected chi connectivity index (χ4v) is 3.59. The maximum Gasteiger partial charge on any atom is 0.323 e. The maximum atomic E-state index is 13.0. The summed E-state index contributed by atoms with van der Waals surface area (Å²) in [7, 11) is 1.61. The summed E-state index contributed by atoms with van der Waals surface area (Å²) in [5, 5.41) is 6.41. The zero-order chi connectivity index (χ0) is 22.1. The molecule has 0 unspecified atom stereocenters. The van der Waals surface area contributed by atoms with Gasteiger partial charge < -0.3 is 25.1 Å². The van der Waals surface area contributed by atoms with Crippen LogP contribution in [0.3, 0.4) is 0 Å². The zero-order valence-electron chi connectivity index (χ0n) is 17.1. The van der Waals surface area contributed by atoms with Gasteiger partial charge in [-0.1, -0.05) is 18.2 Å². The van der Waals surface area contributed by atoms with Crippen molar-refractivity contribution in [3.63, 3.8) is 0 Å². The van der Waals surface area contributed by atoms with Crippen LogP contribution < -0.4 is 20.1 Å². The Morgan fingerprint density at radius 3 is 2.62 bits per heavy atom. The van der Waals surface area contributed by atoms with Crippen LogP contribution in [0.15, 0.2) is 78.7 Å². The highest BCUT2D eigenvalue weighted by Crippen LogP contribution is 2.35. The average molecular weight is 425 g/mol. The third kappa shape index (κ3) is 3.67. The molecule has 2 heterocycles. The van der Waals surface area contributed by atoms with E-state index < -0.39 is 6.03 Å². The Hall–Kier alpha value is -4.52. The first-order valence-corrected chi connectivity index (χ1v) is 9.97. The van der Waals surface area contributed by atoms with Crippen molar-refractivity contribution in [2.75, 3.05) is 17.7 Å². The van der Waals surface area contributed by atoms with Crippen LogP contribution >= 0.6 is 0 Å². The zero-order valence-corrected chi connectivity index (χ0v) is 17.1. The monoisotopic (exact) mass is 425 g/mol. The van der Waals surface area contributed by atoms with Gasteiger partial charge in [0, 0.05) is 34.0 Å². The molecule has 0 aliphatic carbocycles. The van der Waals surface area contributed by atoms with Gasteiger partial charge in [-0.25, -0.2) is 4.79 Å². The van der Waals surface area contributed by atoms with Gasteiger partial charge in [0.05, 0.1) is 12.7 Å². The molecule has 0 radical (unpaired) electrons.